The quantitative estimate of drug-likeness (QED) is 0.712. The van der Waals surface area contributed by atoms with Gasteiger partial charge in [-0.2, -0.15) is 0 Å². The molecule has 0 aliphatic heterocycles. The second-order valence-corrected chi connectivity index (χ2v) is 4.75. The minimum Gasteiger partial charge on any atom is -0.506 e. The van der Waals surface area contributed by atoms with Crippen LogP contribution in [-0.4, -0.2) is 21.0 Å². The van der Waals surface area contributed by atoms with Gasteiger partial charge in [0, 0.05) is 11.5 Å². The molecular weight excluding hydrogens is 290 g/mol. The summed E-state index contributed by atoms with van der Waals surface area (Å²) in [6.07, 6.45) is 1.25. The molecule has 0 unspecified atom stereocenters. The maximum absolute atomic E-state index is 12.2. The van der Waals surface area contributed by atoms with Crippen molar-refractivity contribution in [2.45, 2.75) is 0 Å². The third-order valence-electron chi connectivity index (χ3n) is 3.02. The minimum absolute atomic E-state index is 0.0641. The van der Waals surface area contributed by atoms with E-state index in [1.807, 2.05) is 12.1 Å². The zero-order valence-corrected chi connectivity index (χ0v) is 11.5. The first-order valence-electron chi connectivity index (χ1n) is 6.15. The molecule has 1 amide bonds. The summed E-state index contributed by atoms with van der Waals surface area (Å²) in [7, 11) is 0. The molecule has 1 aromatic heterocycles. The highest BCUT2D eigenvalue weighted by Gasteiger charge is 2.14. The topological polar surface area (TPSA) is 75.1 Å². The van der Waals surface area contributed by atoms with Crippen molar-refractivity contribution in [2.75, 3.05) is 5.32 Å². The van der Waals surface area contributed by atoms with E-state index in [4.69, 9.17) is 11.6 Å². The van der Waals surface area contributed by atoms with E-state index in [0.29, 0.717) is 5.39 Å². The lowest BCUT2D eigenvalue weighted by molar-refractivity contribution is 0.102. The summed E-state index contributed by atoms with van der Waals surface area (Å²) in [6, 6.07) is 12.0. The van der Waals surface area contributed by atoms with Crippen molar-refractivity contribution < 1.29 is 9.90 Å². The van der Waals surface area contributed by atoms with Gasteiger partial charge in [-0.15, -0.1) is 0 Å². The van der Waals surface area contributed by atoms with Crippen LogP contribution in [0.3, 0.4) is 0 Å². The number of aromatic hydroxyl groups is 1. The number of aromatic nitrogens is 2. The Kier molecular flexibility index (Phi) is 3.41. The number of nitrogens with zero attached hydrogens (tertiary/aromatic N) is 2. The van der Waals surface area contributed by atoms with Crippen LogP contribution in [-0.2, 0) is 0 Å². The summed E-state index contributed by atoms with van der Waals surface area (Å²) in [4.78, 5) is 19.8. The van der Waals surface area contributed by atoms with Crippen LogP contribution in [0, 0.1) is 0 Å². The fourth-order valence-electron chi connectivity index (χ4n) is 2.02. The van der Waals surface area contributed by atoms with E-state index in [9.17, 15) is 9.90 Å². The van der Waals surface area contributed by atoms with E-state index in [2.05, 4.69) is 15.3 Å². The molecule has 1 heterocycles. The highest BCUT2D eigenvalue weighted by Crippen LogP contribution is 2.29. The fraction of sp³-hybridized carbons (Fsp3) is 0. The molecule has 2 N–H and O–H groups in total. The van der Waals surface area contributed by atoms with Crippen molar-refractivity contribution in [1.29, 1.82) is 0 Å². The first kappa shape index (κ1) is 13.3. The lowest BCUT2D eigenvalue weighted by Crippen LogP contribution is -2.13. The Bertz CT molecular complexity index is 836. The van der Waals surface area contributed by atoms with Crippen molar-refractivity contribution in [2.24, 2.45) is 0 Å². The van der Waals surface area contributed by atoms with E-state index in [1.54, 1.807) is 24.3 Å². The summed E-state index contributed by atoms with van der Waals surface area (Å²) >= 11 is 5.73. The number of fused-ring (bicyclic) bond motifs is 1. The van der Waals surface area contributed by atoms with E-state index >= 15 is 0 Å². The molecule has 3 rings (SSSR count). The molecule has 0 aliphatic carbocycles. The second kappa shape index (κ2) is 5.38. The SMILES string of the molecule is O=C(Nc1cc(Cl)ncn1)c1ccc2ccccc2c1O. The Morgan fingerprint density at radius 3 is 2.76 bits per heavy atom. The Morgan fingerprint density at radius 1 is 1.14 bits per heavy atom. The Morgan fingerprint density at radius 2 is 1.95 bits per heavy atom. The maximum atomic E-state index is 12.2. The van der Waals surface area contributed by atoms with Gasteiger partial charge in [0.25, 0.3) is 5.91 Å². The van der Waals surface area contributed by atoms with Gasteiger partial charge in [-0.1, -0.05) is 41.9 Å². The molecular formula is C15H10ClN3O2. The minimum atomic E-state index is -0.465. The smallest absolute Gasteiger partial charge is 0.260 e. The molecule has 5 nitrogen and oxygen atoms in total. The number of carbonyl (C=O) groups is 1. The first-order chi connectivity index (χ1) is 10.1. The van der Waals surface area contributed by atoms with Crippen LogP contribution in [0.4, 0.5) is 5.82 Å². The number of benzene rings is 2. The number of carbonyl (C=O) groups excluding carboxylic acids is 1. The lowest BCUT2D eigenvalue weighted by Gasteiger charge is -2.08. The average Bonchev–Trinajstić information content (AvgIpc) is 2.48. The summed E-state index contributed by atoms with van der Waals surface area (Å²) in [5, 5.41) is 14.5. The number of nitrogens with one attached hydrogen (secondary N) is 1. The molecule has 3 aromatic rings. The molecule has 0 fully saturated rings. The van der Waals surface area contributed by atoms with Gasteiger partial charge >= 0.3 is 0 Å². The molecule has 0 aliphatic rings. The van der Waals surface area contributed by atoms with E-state index in [-0.39, 0.29) is 22.3 Å². The number of amides is 1. The monoisotopic (exact) mass is 299 g/mol. The summed E-state index contributed by atoms with van der Waals surface area (Å²) in [6.45, 7) is 0. The first-order valence-corrected chi connectivity index (χ1v) is 6.52. The van der Waals surface area contributed by atoms with Gasteiger partial charge in [0.2, 0.25) is 0 Å². The van der Waals surface area contributed by atoms with Gasteiger partial charge in [0.15, 0.2) is 0 Å². The summed E-state index contributed by atoms with van der Waals surface area (Å²) in [5.74, 6) is -0.258. The molecule has 0 spiro atoms. The van der Waals surface area contributed by atoms with Crippen LogP contribution in [0.25, 0.3) is 10.8 Å². The van der Waals surface area contributed by atoms with Crippen molar-refractivity contribution >= 4 is 34.1 Å². The zero-order valence-electron chi connectivity index (χ0n) is 10.7. The Hall–Kier alpha value is -2.66. The van der Waals surface area contributed by atoms with Gasteiger partial charge in [-0.05, 0) is 11.5 Å². The molecule has 0 saturated heterocycles. The molecule has 2 aromatic carbocycles. The highest BCUT2D eigenvalue weighted by atomic mass is 35.5. The molecule has 104 valence electrons. The number of hydrogen-bond acceptors (Lipinski definition) is 4. The summed E-state index contributed by atoms with van der Waals surface area (Å²) < 4.78 is 0. The second-order valence-electron chi connectivity index (χ2n) is 4.36. The van der Waals surface area contributed by atoms with Crippen molar-refractivity contribution in [1.82, 2.24) is 9.97 Å². The fourth-order valence-corrected chi connectivity index (χ4v) is 2.17. The Balaban J connectivity index is 1.96. The Labute approximate surface area is 125 Å². The van der Waals surface area contributed by atoms with Crippen molar-refractivity contribution in [3.05, 3.63) is 59.5 Å². The van der Waals surface area contributed by atoms with Crippen LogP contribution in [0.2, 0.25) is 5.15 Å². The normalized spacial score (nSPS) is 10.5. The van der Waals surface area contributed by atoms with Gasteiger partial charge < -0.3 is 10.4 Å². The van der Waals surface area contributed by atoms with Gasteiger partial charge in [0.1, 0.15) is 23.0 Å². The van der Waals surface area contributed by atoms with E-state index in [0.717, 1.165) is 5.39 Å². The van der Waals surface area contributed by atoms with Crippen LogP contribution >= 0.6 is 11.6 Å². The number of anilines is 1. The molecule has 21 heavy (non-hydrogen) atoms. The number of rotatable bonds is 2. The highest BCUT2D eigenvalue weighted by molar-refractivity contribution is 6.29. The van der Waals surface area contributed by atoms with Crippen molar-refractivity contribution in [3.8, 4) is 5.75 Å². The van der Waals surface area contributed by atoms with Gasteiger partial charge in [-0.3, -0.25) is 4.79 Å². The number of phenols is 1. The van der Waals surface area contributed by atoms with E-state index in [1.165, 1.54) is 12.4 Å². The third-order valence-corrected chi connectivity index (χ3v) is 3.23. The largest absolute Gasteiger partial charge is 0.506 e. The number of phenolic OH excluding ortho intramolecular Hbond substituents is 1. The molecule has 0 saturated carbocycles. The van der Waals surface area contributed by atoms with Crippen LogP contribution in [0.5, 0.6) is 5.75 Å². The van der Waals surface area contributed by atoms with Crippen LogP contribution < -0.4 is 5.32 Å². The molecule has 0 atom stereocenters. The molecule has 0 radical (unpaired) electrons. The predicted molar refractivity (Wildman–Crippen MR) is 80.6 cm³/mol. The summed E-state index contributed by atoms with van der Waals surface area (Å²) in [5.41, 5.74) is 0.170. The van der Waals surface area contributed by atoms with Crippen LogP contribution in [0.15, 0.2) is 48.8 Å². The number of halogens is 1. The average molecular weight is 300 g/mol. The standard InChI is InChI=1S/C15H10ClN3O2/c16-12-7-13(18-8-17-12)19-15(21)11-6-5-9-3-1-2-4-10(9)14(11)20/h1-8,20H,(H,17,18,19,21). The van der Waals surface area contributed by atoms with Crippen LogP contribution in [0.1, 0.15) is 10.4 Å². The lowest BCUT2D eigenvalue weighted by atomic mass is 10.0. The van der Waals surface area contributed by atoms with Gasteiger partial charge in [-0.25, -0.2) is 9.97 Å². The predicted octanol–water partition coefficient (Wildman–Crippen LogP) is 3.24. The third kappa shape index (κ3) is 2.64. The number of hydrogen-bond donors (Lipinski definition) is 2. The molecule has 0 bridgehead atoms. The molecule has 6 heteroatoms. The maximum Gasteiger partial charge on any atom is 0.260 e. The van der Waals surface area contributed by atoms with E-state index < -0.39 is 5.91 Å². The van der Waals surface area contributed by atoms with Crippen molar-refractivity contribution in [3.63, 3.8) is 0 Å². The van der Waals surface area contributed by atoms with Gasteiger partial charge in [0.05, 0.1) is 5.56 Å². The zero-order chi connectivity index (χ0) is 14.8.